The van der Waals surface area contributed by atoms with E-state index in [0.29, 0.717) is 12.5 Å². The smallest absolute Gasteiger partial charge is 0.312 e. The molecule has 6 heteroatoms. The maximum Gasteiger partial charge on any atom is 0.312 e. The molecule has 4 nitrogen and oxygen atoms in total. The predicted molar refractivity (Wildman–Crippen MR) is 86.5 cm³/mol. The first kappa shape index (κ1) is 14.5. The van der Waals surface area contributed by atoms with Crippen LogP contribution in [0.15, 0.2) is 17.5 Å². The molecule has 0 saturated carbocycles. The highest BCUT2D eigenvalue weighted by atomic mass is 32.1. The van der Waals surface area contributed by atoms with Crippen LogP contribution in [0.1, 0.15) is 41.1 Å². The van der Waals surface area contributed by atoms with E-state index in [1.54, 1.807) is 22.7 Å². The van der Waals surface area contributed by atoms with Gasteiger partial charge in [-0.3, -0.25) is 4.79 Å². The van der Waals surface area contributed by atoms with Gasteiger partial charge in [-0.25, -0.2) is 4.98 Å². The molecule has 2 N–H and O–H groups in total. The van der Waals surface area contributed by atoms with E-state index < -0.39 is 11.9 Å². The summed E-state index contributed by atoms with van der Waals surface area (Å²) in [6.45, 7) is 2.13. The second kappa shape index (κ2) is 6.15. The zero-order valence-corrected chi connectivity index (χ0v) is 13.5. The number of rotatable bonds is 5. The fourth-order valence-corrected chi connectivity index (χ4v) is 4.72. The number of aliphatic carboxylic acids is 1. The Labute approximate surface area is 131 Å². The van der Waals surface area contributed by atoms with Crippen molar-refractivity contribution >= 4 is 33.8 Å². The zero-order chi connectivity index (χ0) is 14.8. The number of carboxylic acids is 1. The molecule has 0 bridgehead atoms. The summed E-state index contributed by atoms with van der Waals surface area (Å²) in [7, 11) is 0. The number of thiazole rings is 1. The third-order valence-electron chi connectivity index (χ3n) is 3.71. The van der Waals surface area contributed by atoms with Crippen LogP contribution in [0.25, 0.3) is 0 Å². The highest BCUT2D eigenvalue weighted by molar-refractivity contribution is 7.15. The van der Waals surface area contributed by atoms with E-state index in [2.05, 4.69) is 34.7 Å². The minimum absolute atomic E-state index is 0.291. The maximum atomic E-state index is 11.3. The summed E-state index contributed by atoms with van der Waals surface area (Å²) >= 11 is 3.37. The molecule has 2 aromatic rings. The van der Waals surface area contributed by atoms with Crippen molar-refractivity contribution in [2.75, 3.05) is 5.32 Å². The lowest BCUT2D eigenvalue weighted by Gasteiger charge is -2.16. The molecule has 2 aromatic heterocycles. The van der Waals surface area contributed by atoms with Gasteiger partial charge < -0.3 is 10.4 Å². The molecule has 2 heterocycles. The highest BCUT2D eigenvalue weighted by Crippen LogP contribution is 2.37. The Hall–Kier alpha value is -1.40. The Morgan fingerprint density at radius 3 is 3.19 bits per heavy atom. The number of hydrogen-bond acceptors (Lipinski definition) is 5. The number of hydrogen-bond donors (Lipinski definition) is 2. The molecule has 0 saturated heterocycles. The molecule has 0 radical (unpaired) electrons. The van der Waals surface area contributed by atoms with Gasteiger partial charge in [0.2, 0.25) is 0 Å². The molecular formula is C15H18N2O2S2. The number of thiophene rings is 1. The van der Waals surface area contributed by atoms with E-state index in [9.17, 15) is 9.90 Å². The molecule has 2 unspecified atom stereocenters. The summed E-state index contributed by atoms with van der Waals surface area (Å²) in [4.78, 5) is 18.3. The van der Waals surface area contributed by atoms with Crippen LogP contribution in [0.5, 0.6) is 0 Å². The first-order valence-corrected chi connectivity index (χ1v) is 8.84. The molecule has 2 atom stereocenters. The fraction of sp³-hybridized carbons (Fsp3) is 0.467. The third kappa shape index (κ3) is 3.27. The molecule has 0 spiro atoms. The Balaban J connectivity index is 1.71. The minimum Gasteiger partial charge on any atom is -0.481 e. The van der Waals surface area contributed by atoms with Crippen molar-refractivity contribution in [1.82, 2.24) is 4.98 Å². The summed E-state index contributed by atoms with van der Waals surface area (Å²) < 4.78 is 0. The van der Waals surface area contributed by atoms with E-state index in [0.717, 1.165) is 35.0 Å². The van der Waals surface area contributed by atoms with Crippen molar-refractivity contribution in [3.05, 3.63) is 33.0 Å². The van der Waals surface area contributed by atoms with Gasteiger partial charge in [0.15, 0.2) is 5.13 Å². The van der Waals surface area contributed by atoms with E-state index in [1.807, 2.05) is 0 Å². The average molecular weight is 322 g/mol. The zero-order valence-electron chi connectivity index (χ0n) is 11.8. The van der Waals surface area contributed by atoms with Crippen LogP contribution in [0.2, 0.25) is 0 Å². The second-order valence-corrected chi connectivity index (χ2v) is 7.56. The van der Waals surface area contributed by atoms with Gasteiger partial charge in [-0.1, -0.05) is 6.07 Å². The summed E-state index contributed by atoms with van der Waals surface area (Å²) in [5.74, 6) is -1.17. The van der Waals surface area contributed by atoms with Gasteiger partial charge in [-0.15, -0.1) is 22.7 Å². The molecule has 0 aliphatic heterocycles. The number of fused-ring (bicyclic) bond motifs is 1. The van der Waals surface area contributed by atoms with Crippen molar-refractivity contribution in [3.8, 4) is 0 Å². The fourth-order valence-electron chi connectivity index (χ4n) is 2.71. The Kier molecular flexibility index (Phi) is 4.26. The van der Waals surface area contributed by atoms with Crippen LogP contribution in [0.3, 0.4) is 0 Å². The van der Waals surface area contributed by atoms with E-state index in [4.69, 9.17) is 0 Å². The van der Waals surface area contributed by atoms with Gasteiger partial charge in [0, 0.05) is 22.2 Å². The number of anilines is 1. The lowest BCUT2D eigenvalue weighted by molar-refractivity contribution is -0.139. The van der Waals surface area contributed by atoms with Crippen molar-refractivity contribution in [2.24, 2.45) is 0 Å². The number of nitrogens with one attached hydrogen (secondary N) is 1. The lowest BCUT2D eigenvalue weighted by Crippen LogP contribution is -2.18. The van der Waals surface area contributed by atoms with E-state index in [1.165, 1.54) is 4.88 Å². The normalized spacial score (nSPS) is 19.0. The van der Waals surface area contributed by atoms with Crippen LogP contribution in [0, 0.1) is 0 Å². The van der Waals surface area contributed by atoms with E-state index >= 15 is 0 Å². The quantitative estimate of drug-likeness (QED) is 0.880. The molecule has 3 rings (SSSR count). The average Bonchev–Trinajstić information content (AvgIpc) is 3.06. The Bertz CT molecular complexity index is 622. The maximum absolute atomic E-state index is 11.3. The van der Waals surface area contributed by atoms with Gasteiger partial charge in [0.05, 0.1) is 5.69 Å². The summed E-state index contributed by atoms with van der Waals surface area (Å²) in [6.07, 6.45) is 3.56. The molecular weight excluding hydrogens is 304 g/mol. The summed E-state index contributed by atoms with van der Waals surface area (Å²) in [5, 5.41) is 15.7. The monoisotopic (exact) mass is 322 g/mol. The number of aryl methyl sites for hydroxylation is 1. The van der Waals surface area contributed by atoms with Crippen molar-refractivity contribution in [1.29, 1.82) is 0 Å². The predicted octanol–water partition coefficient (Wildman–Crippen LogP) is 3.75. The van der Waals surface area contributed by atoms with Gasteiger partial charge in [0.25, 0.3) is 0 Å². The van der Waals surface area contributed by atoms with Gasteiger partial charge in [-0.05, 0) is 37.6 Å². The van der Waals surface area contributed by atoms with Gasteiger partial charge in [-0.2, -0.15) is 0 Å². The van der Waals surface area contributed by atoms with Crippen LogP contribution in [-0.2, 0) is 17.6 Å². The molecule has 0 amide bonds. The van der Waals surface area contributed by atoms with Crippen LogP contribution >= 0.6 is 22.7 Å². The van der Waals surface area contributed by atoms with Crippen molar-refractivity contribution in [2.45, 2.75) is 44.6 Å². The SMILES string of the molecule is CC(Cc1cccs1)Nc1nc2c(s1)CCCC2C(=O)O. The molecule has 1 aliphatic rings. The standard InChI is InChI=1S/C15H18N2O2S2/c1-9(8-10-4-3-7-20-10)16-15-17-13-11(14(18)19)5-2-6-12(13)21-15/h3-4,7,9,11H,2,5-6,8H2,1H3,(H,16,17)(H,18,19). The number of aromatic nitrogens is 1. The van der Waals surface area contributed by atoms with Crippen LogP contribution in [-0.4, -0.2) is 22.1 Å². The number of carbonyl (C=O) groups is 1. The molecule has 112 valence electrons. The largest absolute Gasteiger partial charge is 0.481 e. The molecule has 0 fully saturated rings. The first-order chi connectivity index (χ1) is 10.1. The Morgan fingerprint density at radius 1 is 1.62 bits per heavy atom. The van der Waals surface area contributed by atoms with E-state index in [-0.39, 0.29) is 0 Å². The van der Waals surface area contributed by atoms with Crippen molar-refractivity contribution < 1.29 is 9.90 Å². The van der Waals surface area contributed by atoms with Crippen LogP contribution < -0.4 is 5.32 Å². The van der Waals surface area contributed by atoms with Gasteiger partial charge in [0.1, 0.15) is 5.92 Å². The molecule has 1 aliphatic carbocycles. The number of carboxylic acid groups (broad SMARTS) is 1. The highest BCUT2D eigenvalue weighted by Gasteiger charge is 2.30. The number of nitrogens with zero attached hydrogens (tertiary/aromatic N) is 1. The summed E-state index contributed by atoms with van der Waals surface area (Å²) in [5.41, 5.74) is 0.782. The topological polar surface area (TPSA) is 62.2 Å². The van der Waals surface area contributed by atoms with Gasteiger partial charge >= 0.3 is 5.97 Å². The lowest BCUT2D eigenvalue weighted by atomic mass is 9.91. The first-order valence-electron chi connectivity index (χ1n) is 7.15. The second-order valence-electron chi connectivity index (χ2n) is 5.44. The Morgan fingerprint density at radius 2 is 2.48 bits per heavy atom. The molecule has 21 heavy (non-hydrogen) atoms. The minimum atomic E-state index is -0.751. The van der Waals surface area contributed by atoms with Crippen LogP contribution in [0.4, 0.5) is 5.13 Å². The molecule has 0 aromatic carbocycles. The summed E-state index contributed by atoms with van der Waals surface area (Å²) in [6, 6.07) is 4.49. The van der Waals surface area contributed by atoms with Crippen molar-refractivity contribution in [3.63, 3.8) is 0 Å². The third-order valence-corrected chi connectivity index (χ3v) is 5.67.